The lowest BCUT2D eigenvalue weighted by Crippen LogP contribution is -2.57. The van der Waals surface area contributed by atoms with Crippen molar-refractivity contribution in [2.45, 2.75) is 75.5 Å². The fraction of sp³-hybridized carbons (Fsp3) is 0.708. The van der Waals surface area contributed by atoms with Crippen LogP contribution in [-0.4, -0.2) is 16.8 Å². The minimum Gasteiger partial charge on any atom is -0.355 e. The summed E-state index contributed by atoms with van der Waals surface area (Å²) >= 11 is 12.5. The molecule has 2 nitrogen and oxygen atoms in total. The molecule has 6 rings (SSSR count). The monoisotopic (exact) mass is 419 g/mol. The fourth-order valence-electron chi connectivity index (χ4n) is 7.18. The van der Waals surface area contributed by atoms with Crippen LogP contribution >= 0.6 is 23.2 Å². The first-order chi connectivity index (χ1) is 13.1. The van der Waals surface area contributed by atoms with Gasteiger partial charge in [-0.3, -0.25) is 4.79 Å². The molecule has 28 heavy (non-hydrogen) atoms. The number of hydrogen-bond acceptors (Lipinski definition) is 1. The van der Waals surface area contributed by atoms with Gasteiger partial charge < -0.3 is 5.32 Å². The largest absolute Gasteiger partial charge is 0.355 e. The summed E-state index contributed by atoms with van der Waals surface area (Å²) < 4.78 is -0.890. The number of alkyl halides is 2. The maximum Gasteiger partial charge on any atom is 0.229 e. The Balaban J connectivity index is 1.39. The van der Waals surface area contributed by atoms with Crippen molar-refractivity contribution >= 4 is 29.1 Å². The molecule has 4 heteroatoms. The van der Waals surface area contributed by atoms with Crippen LogP contribution in [-0.2, 0) is 10.2 Å². The van der Waals surface area contributed by atoms with Crippen LogP contribution in [0.4, 0.5) is 0 Å². The summed E-state index contributed by atoms with van der Waals surface area (Å²) in [5.41, 5.74) is 4.24. The normalized spacial score (nSPS) is 42.5. The van der Waals surface area contributed by atoms with Crippen molar-refractivity contribution < 1.29 is 4.79 Å². The second-order valence-electron chi connectivity index (χ2n) is 10.9. The van der Waals surface area contributed by atoms with Crippen molar-refractivity contribution in [3.05, 3.63) is 34.9 Å². The molecule has 0 aliphatic heterocycles. The molecule has 0 aromatic heterocycles. The van der Waals surface area contributed by atoms with Crippen molar-refractivity contribution in [3.8, 4) is 0 Å². The summed E-state index contributed by atoms with van der Waals surface area (Å²) in [5.74, 6) is 1.64. The van der Waals surface area contributed by atoms with Crippen LogP contribution in [0, 0.1) is 36.5 Å². The van der Waals surface area contributed by atoms with E-state index in [9.17, 15) is 4.79 Å². The first-order valence-corrected chi connectivity index (χ1v) is 11.6. The molecule has 152 valence electrons. The lowest BCUT2D eigenvalue weighted by atomic mass is 9.43. The molecule has 1 N–H and O–H groups in total. The van der Waals surface area contributed by atoms with Gasteiger partial charge in [0.25, 0.3) is 0 Å². The number of carbonyl (C=O) groups is 1. The third kappa shape index (κ3) is 2.77. The number of rotatable bonds is 4. The Morgan fingerprint density at radius 1 is 1.07 bits per heavy atom. The Kier molecular flexibility index (Phi) is 4.06. The van der Waals surface area contributed by atoms with Crippen molar-refractivity contribution in [1.29, 1.82) is 0 Å². The Bertz CT molecular complexity index is 833. The molecule has 5 atom stereocenters. The summed E-state index contributed by atoms with van der Waals surface area (Å²) in [6.45, 7) is 7.10. The van der Waals surface area contributed by atoms with Gasteiger partial charge in [-0.1, -0.05) is 18.2 Å². The predicted octanol–water partition coefficient (Wildman–Crippen LogP) is 5.84. The molecule has 0 saturated heterocycles. The third-order valence-corrected chi connectivity index (χ3v) is 9.79. The van der Waals surface area contributed by atoms with Gasteiger partial charge in [-0.25, -0.2) is 0 Å². The summed E-state index contributed by atoms with van der Waals surface area (Å²) in [7, 11) is 0. The van der Waals surface area contributed by atoms with Crippen molar-refractivity contribution in [3.63, 3.8) is 0 Å². The SMILES string of the molecule is Cc1ccc(C23C[C@@H]4C[C@@H](CC(CNC(=O)[C@@]5(C)CC5(Cl)Cl)(C4)C2)C3)cc1C. The van der Waals surface area contributed by atoms with Crippen molar-refractivity contribution in [2.24, 2.45) is 22.7 Å². The van der Waals surface area contributed by atoms with Crippen LogP contribution in [0.15, 0.2) is 18.2 Å². The highest BCUT2D eigenvalue weighted by atomic mass is 35.5. The Morgan fingerprint density at radius 2 is 1.71 bits per heavy atom. The molecule has 0 radical (unpaired) electrons. The standard InChI is InChI=1S/C24H31Cl2NO/c1-15-4-5-19(6-16(15)2)23-10-17-7-18(11-23)9-22(8-17,13-23)14-27-20(28)21(3)12-24(21,25)26/h4-6,17-18H,7-14H2,1-3H3,(H,27,28)/t17-,18+,21-,22?,23?/m1/s1. The highest BCUT2D eigenvalue weighted by Crippen LogP contribution is 2.66. The van der Waals surface area contributed by atoms with Crippen LogP contribution in [0.5, 0.6) is 0 Å². The van der Waals surface area contributed by atoms with Gasteiger partial charge in [0.2, 0.25) is 5.91 Å². The number of amides is 1. The van der Waals surface area contributed by atoms with Crippen LogP contribution in [0.1, 0.15) is 68.6 Å². The maximum atomic E-state index is 12.8. The second-order valence-corrected chi connectivity index (χ2v) is 12.4. The van der Waals surface area contributed by atoms with Gasteiger partial charge in [-0.15, -0.1) is 23.2 Å². The number of halogens is 2. The minimum atomic E-state index is -0.890. The first-order valence-electron chi connectivity index (χ1n) is 10.8. The van der Waals surface area contributed by atoms with Crippen LogP contribution in [0.25, 0.3) is 0 Å². The minimum absolute atomic E-state index is 0.0356. The van der Waals surface area contributed by atoms with E-state index < -0.39 is 9.75 Å². The second kappa shape index (κ2) is 5.91. The molecule has 1 aromatic carbocycles. The molecule has 1 aromatic rings. The number of carbonyl (C=O) groups excluding carboxylic acids is 1. The highest BCUT2D eigenvalue weighted by molar-refractivity contribution is 6.53. The Hall–Kier alpha value is -0.730. The van der Waals surface area contributed by atoms with E-state index in [1.165, 1.54) is 55.2 Å². The van der Waals surface area contributed by atoms with E-state index in [0.29, 0.717) is 11.8 Å². The zero-order chi connectivity index (χ0) is 19.9. The lowest BCUT2D eigenvalue weighted by molar-refractivity contribution is -0.128. The molecular formula is C24H31Cl2NO. The van der Waals surface area contributed by atoms with Gasteiger partial charge in [-0.05, 0) is 105 Å². The van der Waals surface area contributed by atoms with Gasteiger partial charge in [0.15, 0.2) is 0 Å². The van der Waals surface area contributed by atoms with E-state index in [1.54, 1.807) is 0 Å². The van der Waals surface area contributed by atoms with Gasteiger partial charge in [0.05, 0.1) is 5.41 Å². The third-order valence-electron chi connectivity index (χ3n) is 8.68. The molecule has 4 bridgehead atoms. The molecule has 0 spiro atoms. The van der Waals surface area contributed by atoms with E-state index in [2.05, 4.69) is 37.4 Å². The van der Waals surface area contributed by atoms with Gasteiger partial charge in [0, 0.05) is 6.54 Å². The molecular weight excluding hydrogens is 389 g/mol. The summed E-state index contributed by atoms with van der Waals surface area (Å²) in [6, 6.07) is 7.11. The number of nitrogens with one attached hydrogen (secondary N) is 1. The molecule has 1 amide bonds. The van der Waals surface area contributed by atoms with Crippen molar-refractivity contribution in [2.75, 3.05) is 6.54 Å². The van der Waals surface area contributed by atoms with E-state index >= 15 is 0 Å². The molecule has 5 fully saturated rings. The first kappa shape index (κ1) is 19.2. The van der Waals surface area contributed by atoms with Gasteiger partial charge in [0.1, 0.15) is 4.33 Å². The van der Waals surface area contributed by atoms with Gasteiger partial charge >= 0.3 is 0 Å². The van der Waals surface area contributed by atoms with Crippen LogP contribution < -0.4 is 5.32 Å². The lowest BCUT2D eigenvalue weighted by Gasteiger charge is -2.62. The molecule has 5 saturated carbocycles. The molecule has 2 unspecified atom stereocenters. The number of aryl methyl sites for hydroxylation is 2. The van der Waals surface area contributed by atoms with Gasteiger partial charge in [-0.2, -0.15) is 0 Å². The zero-order valence-corrected chi connectivity index (χ0v) is 18.7. The number of benzene rings is 1. The quantitative estimate of drug-likeness (QED) is 0.609. The smallest absolute Gasteiger partial charge is 0.229 e. The summed E-state index contributed by atoms with van der Waals surface area (Å²) in [6.07, 6.45) is 8.32. The Morgan fingerprint density at radius 3 is 2.29 bits per heavy atom. The maximum absolute atomic E-state index is 12.8. The Labute approximate surface area is 178 Å². The highest BCUT2D eigenvalue weighted by Gasteiger charge is 2.68. The van der Waals surface area contributed by atoms with E-state index in [4.69, 9.17) is 23.2 Å². The molecule has 5 aliphatic carbocycles. The predicted molar refractivity (Wildman–Crippen MR) is 115 cm³/mol. The van der Waals surface area contributed by atoms with E-state index in [1.807, 2.05) is 6.92 Å². The summed E-state index contributed by atoms with van der Waals surface area (Å²) in [4.78, 5) is 12.8. The van der Waals surface area contributed by atoms with Crippen LogP contribution in [0.3, 0.4) is 0 Å². The topological polar surface area (TPSA) is 29.1 Å². The van der Waals surface area contributed by atoms with Crippen LogP contribution in [0.2, 0.25) is 0 Å². The average Bonchev–Trinajstić information content (AvgIpc) is 3.13. The summed E-state index contributed by atoms with van der Waals surface area (Å²) in [5, 5.41) is 3.28. The molecule has 5 aliphatic rings. The van der Waals surface area contributed by atoms with Crippen molar-refractivity contribution in [1.82, 2.24) is 5.32 Å². The van der Waals surface area contributed by atoms with E-state index in [-0.39, 0.29) is 11.3 Å². The number of hydrogen-bond donors (Lipinski definition) is 1. The fourth-order valence-corrected chi connectivity index (χ4v) is 7.88. The zero-order valence-electron chi connectivity index (χ0n) is 17.2. The average molecular weight is 420 g/mol. The van der Waals surface area contributed by atoms with E-state index in [0.717, 1.165) is 18.4 Å². The molecule has 0 heterocycles.